The van der Waals surface area contributed by atoms with Crippen molar-refractivity contribution >= 4 is 17.5 Å². The van der Waals surface area contributed by atoms with E-state index in [0.717, 1.165) is 37.1 Å². The second-order valence-corrected chi connectivity index (χ2v) is 7.97. The molecular weight excluding hydrogens is 371 g/mol. The summed E-state index contributed by atoms with van der Waals surface area (Å²) in [6.45, 7) is 0.663. The van der Waals surface area contributed by atoms with Gasteiger partial charge in [-0.25, -0.2) is 4.39 Å². The molecule has 2 amide bonds. The molecule has 0 radical (unpaired) electrons. The number of hydrogen-bond acceptors (Lipinski definition) is 3. The van der Waals surface area contributed by atoms with Crippen LogP contribution in [0.25, 0.3) is 0 Å². The standard InChI is InChI=1S/C23H25FN2O3/c1-29-20-9-3-8-19(14-20)26-12-11-23(22(26)28)10-4-7-18(15-23)25-21(27)16-5-2-6-17(24)13-16/h2-3,5-6,8-9,13-14,18H,4,7,10-12,15H2,1H3,(H,25,27). The van der Waals surface area contributed by atoms with E-state index >= 15 is 0 Å². The molecule has 4 rings (SSSR count). The molecule has 0 aromatic heterocycles. The normalized spacial score (nSPS) is 24.0. The van der Waals surface area contributed by atoms with E-state index < -0.39 is 11.2 Å². The molecule has 1 N–H and O–H groups in total. The maximum atomic E-state index is 13.4. The molecule has 2 unspecified atom stereocenters. The number of rotatable bonds is 4. The monoisotopic (exact) mass is 396 g/mol. The molecule has 0 bridgehead atoms. The lowest BCUT2D eigenvalue weighted by Crippen LogP contribution is -2.46. The Bertz CT molecular complexity index is 932. The lowest BCUT2D eigenvalue weighted by atomic mass is 9.71. The maximum absolute atomic E-state index is 13.4. The smallest absolute Gasteiger partial charge is 0.251 e. The molecule has 5 nitrogen and oxygen atoms in total. The van der Waals surface area contributed by atoms with Crippen molar-refractivity contribution in [1.82, 2.24) is 5.32 Å². The Kier molecular flexibility index (Phi) is 5.26. The van der Waals surface area contributed by atoms with Crippen molar-refractivity contribution in [2.75, 3.05) is 18.6 Å². The van der Waals surface area contributed by atoms with E-state index in [9.17, 15) is 14.0 Å². The Morgan fingerprint density at radius 2 is 2.03 bits per heavy atom. The summed E-state index contributed by atoms with van der Waals surface area (Å²) < 4.78 is 18.7. The lowest BCUT2D eigenvalue weighted by Gasteiger charge is -2.37. The highest BCUT2D eigenvalue weighted by Crippen LogP contribution is 2.46. The first-order valence-corrected chi connectivity index (χ1v) is 10.0. The van der Waals surface area contributed by atoms with E-state index in [1.165, 1.54) is 18.2 Å². The van der Waals surface area contributed by atoms with Crippen molar-refractivity contribution in [3.8, 4) is 5.75 Å². The van der Waals surface area contributed by atoms with Crippen molar-refractivity contribution in [2.24, 2.45) is 5.41 Å². The molecule has 2 atom stereocenters. The summed E-state index contributed by atoms with van der Waals surface area (Å²) in [5.41, 5.74) is 0.707. The molecule has 1 saturated carbocycles. The minimum Gasteiger partial charge on any atom is -0.497 e. The largest absolute Gasteiger partial charge is 0.497 e. The SMILES string of the molecule is COc1cccc(N2CCC3(CCCC(NC(=O)c4cccc(F)c4)C3)C2=O)c1. The number of nitrogens with one attached hydrogen (secondary N) is 1. The van der Waals surface area contributed by atoms with Crippen LogP contribution in [-0.2, 0) is 4.79 Å². The zero-order chi connectivity index (χ0) is 20.4. The minimum absolute atomic E-state index is 0.0891. The Labute approximate surface area is 169 Å². The van der Waals surface area contributed by atoms with E-state index in [0.29, 0.717) is 18.5 Å². The molecule has 2 fully saturated rings. The topological polar surface area (TPSA) is 58.6 Å². The number of methoxy groups -OCH3 is 1. The summed E-state index contributed by atoms with van der Waals surface area (Å²) in [6.07, 6.45) is 3.93. The van der Waals surface area contributed by atoms with Crippen LogP contribution in [0.15, 0.2) is 48.5 Å². The van der Waals surface area contributed by atoms with Gasteiger partial charge in [0.2, 0.25) is 5.91 Å². The number of nitrogens with zero attached hydrogens (tertiary/aromatic N) is 1. The molecule has 1 heterocycles. The van der Waals surface area contributed by atoms with Crippen molar-refractivity contribution in [2.45, 2.75) is 38.1 Å². The highest BCUT2D eigenvalue weighted by molar-refractivity contribution is 6.00. The number of anilines is 1. The number of carbonyl (C=O) groups excluding carboxylic acids is 2. The summed E-state index contributed by atoms with van der Waals surface area (Å²) in [4.78, 5) is 27.7. The molecule has 6 heteroatoms. The van der Waals surface area contributed by atoms with Gasteiger partial charge in [0, 0.05) is 29.9 Å². The van der Waals surface area contributed by atoms with Gasteiger partial charge in [0.1, 0.15) is 11.6 Å². The van der Waals surface area contributed by atoms with Gasteiger partial charge < -0.3 is 15.0 Å². The zero-order valence-electron chi connectivity index (χ0n) is 16.5. The summed E-state index contributed by atoms with van der Waals surface area (Å²) in [5, 5.41) is 3.01. The van der Waals surface area contributed by atoms with Crippen LogP contribution in [0, 0.1) is 11.2 Å². The Hall–Kier alpha value is -2.89. The molecule has 2 aliphatic rings. The van der Waals surface area contributed by atoms with Crippen molar-refractivity contribution in [3.63, 3.8) is 0 Å². The van der Waals surface area contributed by atoms with E-state index in [-0.39, 0.29) is 17.9 Å². The fraction of sp³-hybridized carbons (Fsp3) is 0.391. The number of hydrogen-bond donors (Lipinski definition) is 1. The van der Waals surface area contributed by atoms with E-state index in [1.807, 2.05) is 29.2 Å². The first-order valence-electron chi connectivity index (χ1n) is 10.0. The predicted molar refractivity (Wildman–Crippen MR) is 109 cm³/mol. The fourth-order valence-corrected chi connectivity index (χ4v) is 4.65. The number of carbonyl (C=O) groups is 2. The van der Waals surface area contributed by atoms with Gasteiger partial charge in [-0.15, -0.1) is 0 Å². The lowest BCUT2D eigenvalue weighted by molar-refractivity contribution is -0.127. The van der Waals surface area contributed by atoms with Crippen LogP contribution < -0.4 is 15.0 Å². The molecule has 29 heavy (non-hydrogen) atoms. The summed E-state index contributed by atoms with van der Waals surface area (Å²) in [5.74, 6) is 0.120. The van der Waals surface area contributed by atoms with Crippen LogP contribution in [0.4, 0.5) is 10.1 Å². The number of benzene rings is 2. The summed E-state index contributed by atoms with van der Waals surface area (Å²) in [6, 6.07) is 13.1. The highest BCUT2D eigenvalue weighted by Gasteiger charge is 2.49. The van der Waals surface area contributed by atoms with Crippen molar-refractivity contribution in [1.29, 1.82) is 0 Å². The van der Waals surface area contributed by atoms with E-state index in [4.69, 9.17) is 4.74 Å². The van der Waals surface area contributed by atoms with Gasteiger partial charge in [-0.05, 0) is 56.0 Å². The molecule has 2 aromatic carbocycles. The Morgan fingerprint density at radius 3 is 2.83 bits per heavy atom. The van der Waals surface area contributed by atoms with Crippen LogP contribution in [0.2, 0.25) is 0 Å². The van der Waals surface area contributed by atoms with Gasteiger partial charge in [-0.1, -0.05) is 18.6 Å². The van der Waals surface area contributed by atoms with Gasteiger partial charge in [0.05, 0.1) is 12.5 Å². The Balaban J connectivity index is 1.47. The van der Waals surface area contributed by atoms with Gasteiger partial charge in [-0.3, -0.25) is 9.59 Å². The van der Waals surface area contributed by atoms with Crippen LogP contribution in [0.1, 0.15) is 42.5 Å². The first-order chi connectivity index (χ1) is 14.0. The summed E-state index contributed by atoms with van der Waals surface area (Å²) >= 11 is 0. The molecule has 152 valence electrons. The minimum atomic E-state index is -0.443. The van der Waals surface area contributed by atoms with Crippen LogP contribution in [0.5, 0.6) is 5.75 Å². The van der Waals surface area contributed by atoms with Crippen LogP contribution in [-0.4, -0.2) is 31.5 Å². The van der Waals surface area contributed by atoms with Gasteiger partial charge in [0.15, 0.2) is 0 Å². The third-order valence-corrected chi connectivity index (χ3v) is 6.14. The molecule has 1 aliphatic heterocycles. The molecule has 2 aromatic rings. The average molecular weight is 396 g/mol. The molecule has 1 saturated heterocycles. The maximum Gasteiger partial charge on any atom is 0.251 e. The Morgan fingerprint density at radius 1 is 1.21 bits per heavy atom. The average Bonchev–Trinajstić information content (AvgIpc) is 3.03. The third-order valence-electron chi connectivity index (χ3n) is 6.14. The summed E-state index contributed by atoms with van der Waals surface area (Å²) in [7, 11) is 1.61. The number of amides is 2. The van der Waals surface area contributed by atoms with Gasteiger partial charge >= 0.3 is 0 Å². The quantitative estimate of drug-likeness (QED) is 0.852. The number of ether oxygens (including phenoxy) is 1. The van der Waals surface area contributed by atoms with Crippen molar-refractivity contribution < 1.29 is 18.7 Å². The first kappa shape index (κ1) is 19.4. The third kappa shape index (κ3) is 3.84. The van der Waals surface area contributed by atoms with Crippen LogP contribution >= 0.6 is 0 Å². The fourth-order valence-electron chi connectivity index (χ4n) is 4.65. The molecular formula is C23H25FN2O3. The highest BCUT2D eigenvalue weighted by atomic mass is 19.1. The second kappa shape index (κ2) is 7.85. The number of halogens is 1. The molecule has 1 aliphatic carbocycles. The van der Waals surface area contributed by atoms with E-state index in [2.05, 4.69) is 5.32 Å². The van der Waals surface area contributed by atoms with Crippen LogP contribution in [0.3, 0.4) is 0 Å². The second-order valence-electron chi connectivity index (χ2n) is 7.97. The molecule has 1 spiro atoms. The predicted octanol–water partition coefficient (Wildman–Crippen LogP) is 3.93. The zero-order valence-corrected chi connectivity index (χ0v) is 16.5. The van der Waals surface area contributed by atoms with Crippen molar-refractivity contribution in [3.05, 3.63) is 59.9 Å². The van der Waals surface area contributed by atoms with Gasteiger partial charge in [-0.2, -0.15) is 0 Å². The van der Waals surface area contributed by atoms with E-state index in [1.54, 1.807) is 13.2 Å². The van der Waals surface area contributed by atoms with Gasteiger partial charge in [0.25, 0.3) is 5.91 Å².